The quantitative estimate of drug-likeness (QED) is 0.899. The maximum Gasteiger partial charge on any atom is 0.226 e. The molecule has 1 aliphatic rings. The summed E-state index contributed by atoms with van der Waals surface area (Å²) in [6.07, 6.45) is 6.99. The van der Waals surface area contributed by atoms with Gasteiger partial charge in [0.05, 0.1) is 11.6 Å². The highest BCUT2D eigenvalue weighted by Gasteiger charge is 2.27. The molecule has 0 aromatic carbocycles. The summed E-state index contributed by atoms with van der Waals surface area (Å²) < 4.78 is 0. The second kappa shape index (κ2) is 5.26. The van der Waals surface area contributed by atoms with Crippen LogP contribution in [0.25, 0.3) is 11.0 Å². The van der Waals surface area contributed by atoms with Crippen LogP contribution >= 0.6 is 0 Å². The van der Waals surface area contributed by atoms with Crippen molar-refractivity contribution in [2.75, 3.05) is 24.3 Å². The lowest BCUT2D eigenvalue weighted by atomic mass is 9.85. The normalized spacial score (nSPS) is 22.9. The van der Waals surface area contributed by atoms with Gasteiger partial charge >= 0.3 is 0 Å². The Balaban J connectivity index is 2.01. The second-order valence-electron chi connectivity index (χ2n) is 5.69. The number of aromatic amines is 1. The molecule has 2 N–H and O–H groups in total. The molecule has 3 rings (SSSR count). The molecule has 108 valence electrons. The summed E-state index contributed by atoms with van der Waals surface area (Å²) in [7, 11) is 3.98. The Hall–Kier alpha value is -1.85. The van der Waals surface area contributed by atoms with Gasteiger partial charge in [-0.15, -0.1) is 0 Å². The van der Waals surface area contributed by atoms with Gasteiger partial charge in [0.2, 0.25) is 5.95 Å². The van der Waals surface area contributed by atoms with Gasteiger partial charge in [0, 0.05) is 20.1 Å². The van der Waals surface area contributed by atoms with Crippen LogP contribution in [-0.4, -0.2) is 40.3 Å². The van der Waals surface area contributed by atoms with Crippen LogP contribution in [0.3, 0.4) is 0 Å². The maximum absolute atomic E-state index is 4.64. The lowest BCUT2D eigenvalue weighted by molar-refractivity contribution is 0.321. The molecule has 0 aliphatic heterocycles. The van der Waals surface area contributed by atoms with Gasteiger partial charge in [-0.05, 0) is 18.8 Å². The number of aromatic nitrogens is 4. The van der Waals surface area contributed by atoms with Crippen LogP contribution in [0.5, 0.6) is 0 Å². The Bertz CT molecular complexity index is 592. The van der Waals surface area contributed by atoms with Gasteiger partial charge in [-0.2, -0.15) is 15.1 Å². The van der Waals surface area contributed by atoms with E-state index in [4.69, 9.17) is 0 Å². The highest BCUT2D eigenvalue weighted by Crippen LogP contribution is 2.32. The molecule has 2 atom stereocenters. The van der Waals surface area contributed by atoms with E-state index < -0.39 is 0 Å². The van der Waals surface area contributed by atoms with Gasteiger partial charge in [-0.25, -0.2) is 0 Å². The molecule has 2 aromatic rings. The van der Waals surface area contributed by atoms with Crippen LogP contribution in [0.15, 0.2) is 6.20 Å². The van der Waals surface area contributed by atoms with Crippen molar-refractivity contribution in [2.24, 2.45) is 5.92 Å². The molecular weight excluding hydrogens is 252 g/mol. The molecule has 0 amide bonds. The third-order valence-corrected chi connectivity index (χ3v) is 4.41. The van der Waals surface area contributed by atoms with Crippen molar-refractivity contribution in [2.45, 2.75) is 38.6 Å². The van der Waals surface area contributed by atoms with E-state index in [0.29, 0.717) is 17.9 Å². The number of rotatable bonds is 3. The first-order chi connectivity index (χ1) is 9.70. The standard InChI is InChI=1S/C14H22N6/c1-9-6-4-5-7-11(9)20(3)13-10-8-16-19-12(10)17-14(15-2)18-13/h8-9,11H,4-7H2,1-3H3,(H2,15,16,17,18,19). The van der Waals surface area contributed by atoms with Crippen molar-refractivity contribution in [3.8, 4) is 0 Å². The number of hydrogen-bond donors (Lipinski definition) is 2. The Morgan fingerprint density at radius 3 is 2.85 bits per heavy atom. The van der Waals surface area contributed by atoms with Crippen LogP contribution in [0.1, 0.15) is 32.6 Å². The van der Waals surface area contributed by atoms with Gasteiger partial charge < -0.3 is 10.2 Å². The molecule has 20 heavy (non-hydrogen) atoms. The van der Waals surface area contributed by atoms with Crippen LogP contribution in [0, 0.1) is 5.92 Å². The summed E-state index contributed by atoms with van der Waals surface area (Å²) >= 11 is 0. The zero-order chi connectivity index (χ0) is 14.1. The number of nitrogens with zero attached hydrogens (tertiary/aromatic N) is 4. The Morgan fingerprint density at radius 1 is 1.30 bits per heavy atom. The molecule has 0 spiro atoms. The molecule has 2 heterocycles. The van der Waals surface area contributed by atoms with Gasteiger partial charge in [-0.1, -0.05) is 19.8 Å². The Labute approximate surface area is 119 Å². The summed E-state index contributed by atoms with van der Waals surface area (Å²) in [6, 6.07) is 0.543. The highest BCUT2D eigenvalue weighted by molar-refractivity contribution is 5.87. The first-order valence-electron chi connectivity index (χ1n) is 7.32. The average molecular weight is 274 g/mol. The van der Waals surface area contributed by atoms with Crippen LogP contribution in [-0.2, 0) is 0 Å². The van der Waals surface area contributed by atoms with Gasteiger partial charge in [0.15, 0.2) is 5.65 Å². The molecule has 2 aromatic heterocycles. The van der Waals surface area contributed by atoms with Crippen LogP contribution in [0.2, 0.25) is 0 Å². The average Bonchev–Trinajstić information content (AvgIpc) is 2.94. The first-order valence-corrected chi connectivity index (χ1v) is 7.32. The number of H-pyrrole nitrogens is 1. The van der Waals surface area contributed by atoms with E-state index in [1.807, 2.05) is 13.2 Å². The molecule has 2 unspecified atom stereocenters. The summed E-state index contributed by atoms with van der Waals surface area (Å²) in [4.78, 5) is 11.3. The van der Waals surface area contributed by atoms with Gasteiger partial charge in [0.1, 0.15) is 5.82 Å². The smallest absolute Gasteiger partial charge is 0.226 e. The third-order valence-electron chi connectivity index (χ3n) is 4.41. The van der Waals surface area contributed by atoms with Gasteiger partial charge in [-0.3, -0.25) is 5.10 Å². The van der Waals surface area contributed by atoms with Crippen LogP contribution < -0.4 is 10.2 Å². The summed E-state index contributed by atoms with van der Waals surface area (Å²) in [6.45, 7) is 2.34. The van der Waals surface area contributed by atoms with E-state index in [0.717, 1.165) is 16.9 Å². The number of nitrogens with one attached hydrogen (secondary N) is 2. The number of fused-ring (bicyclic) bond motifs is 1. The minimum atomic E-state index is 0.543. The van der Waals surface area contributed by atoms with E-state index >= 15 is 0 Å². The molecular formula is C14H22N6. The molecule has 0 saturated heterocycles. The zero-order valence-corrected chi connectivity index (χ0v) is 12.3. The van der Waals surface area contributed by atoms with E-state index in [1.165, 1.54) is 25.7 Å². The van der Waals surface area contributed by atoms with Crippen molar-refractivity contribution >= 4 is 22.8 Å². The largest absolute Gasteiger partial charge is 0.357 e. The lowest BCUT2D eigenvalue weighted by Crippen LogP contribution is -2.39. The van der Waals surface area contributed by atoms with Gasteiger partial charge in [0.25, 0.3) is 0 Å². The van der Waals surface area contributed by atoms with Crippen molar-refractivity contribution in [1.29, 1.82) is 0 Å². The van der Waals surface area contributed by atoms with Crippen molar-refractivity contribution in [3.05, 3.63) is 6.20 Å². The molecule has 1 aliphatic carbocycles. The monoisotopic (exact) mass is 274 g/mol. The zero-order valence-electron chi connectivity index (χ0n) is 12.3. The topological polar surface area (TPSA) is 69.7 Å². The second-order valence-corrected chi connectivity index (χ2v) is 5.69. The molecule has 0 radical (unpaired) electrons. The van der Waals surface area contributed by atoms with Crippen molar-refractivity contribution < 1.29 is 0 Å². The molecule has 1 fully saturated rings. The minimum Gasteiger partial charge on any atom is -0.357 e. The molecule has 6 heteroatoms. The minimum absolute atomic E-state index is 0.543. The highest BCUT2D eigenvalue weighted by atomic mass is 15.3. The predicted molar refractivity (Wildman–Crippen MR) is 81.1 cm³/mol. The molecule has 1 saturated carbocycles. The fraction of sp³-hybridized carbons (Fsp3) is 0.643. The summed E-state index contributed by atoms with van der Waals surface area (Å²) in [5, 5.41) is 11.0. The molecule has 0 bridgehead atoms. The molecule has 6 nitrogen and oxygen atoms in total. The maximum atomic E-state index is 4.64. The number of anilines is 2. The Morgan fingerprint density at radius 2 is 2.10 bits per heavy atom. The van der Waals surface area contributed by atoms with Crippen LogP contribution in [0.4, 0.5) is 11.8 Å². The fourth-order valence-electron chi connectivity index (χ4n) is 3.23. The van der Waals surface area contributed by atoms with Crippen molar-refractivity contribution in [1.82, 2.24) is 20.2 Å². The lowest BCUT2D eigenvalue weighted by Gasteiger charge is -2.37. The van der Waals surface area contributed by atoms with E-state index in [-0.39, 0.29) is 0 Å². The third kappa shape index (κ3) is 2.19. The summed E-state index contributed by atoms with van der Waals surface area (Å²) in [5.41, 5.74) is 0.787. The van der Waals surface area contributed by atoms with E-state index in [1.54, 1.807) is 0 Å². The first kappa shape index (κ1) is 13.1. The number of hydrogen-bond acceptors (Lipinski definition) is 5. The van der Waals surface area contributed by atoms with E-state index in [2.05, 4.69) is 44.4 Å². The summed E-state index contributed by atoms with van der Waals surface area (Å²) in [5.74, 6) is 2.29. The van der Waals surface area contributed by atoms with E-state index in [9.17, 15) is 0 Å². The predicted octanol–water partition coefficient (Wildman–Crippen LogP) is 2.41. The SMILES string of the molecule is CNc1nc(N(C)C2CCCCC2C)c2cn[nH]c2n1. The Kier molecular flexibility index (Phi) is 3.46. The fourth-order valence-corrected chi connectivity index (χ4v) is 3.23. The van der Waals surface area contributed by atoms with Crippen molar-refractivity contribution in [3.63, 3.8) is 0 Å².